The summed E-state index contributed by atoms with van der Waals surface area (Å²) < 4.78 is 0. The summed E-state index contributed by atoms with van der Waals surface area (Å²) in [6, 6.07) is 30.7. The molecule has 34 heavy (non-hydrogen) atoms. The Labute approximate surface area is 201 Å². The second kappa shape index (κ2) is 10.3. The van der Waals surface area contributed by atoms with Gasteiger partial charge in [0.05, 0.1) is 12.6 Å². The van der Waals surface area contributed by atoms with Gasteiger partial charge in [-0.15, -0.1) is 0 Å². The zero-order valence-electron chi connectivity index (χ0n) is 19.4. The van der Waals surface area contributed by atoms with Crippen molar-refractivity contribution in [1.29, 1.82) is 0 Å². The van der Waals surface area contributed by atoms with Gasteiger partial charge in [-0.1, -0.05) is 91.0 Å². The second-order valence-corrected chi connectivity index (χ2v) is 9.29. The zero-order valence-corrected chi connectivity index (χ0v) is 19.4. The maximum atomic E-state index is 13.6. The van der Waals surface area contributed by atoms with Gasteiger partial charge < -0.3 is 0 Å². The van der Waals surface area contributed by atoms with E-state index in [1.807, 2.05) is 42.5 Å². The molecule has 2 amide bonds. The number of nitrogens with zero attached hydrogens (tertiary/aromatic N) is 3. The summed E-state index contributed by atoms with van der Waals surface area (Å²) in [6.07, 6.45) is 0.265. The number of imide groups is 1. The van der Waals surface area contributed by atoms with Crippen molar-refractivity contribution < 1.29 is 9.59 Å². The Hall–Kier alpha value is -3.28. The minimum Gasteiger partial charge on any atom is -0.297 e. The first-order valence-electron chi connectivity index (χ1n) is 12.1. The average Bonchev–Trinajstić information content (AvgIpc) is 3.15. The van der Waals surface area contributed by atoms with Crippen LogP contribution in [0.25, 0.3) is 0 Å². The van der Waals surface area contributed by atoms with Gasteiger partial charge in [0.25, 0.3) is 0 Å². The molecule has 3 aromatic carbocycles. The third-order valence-corrected chi connectivity index (χ3v) is 7.05. The number of hydrogen-bond donors (Lipinski definition) is 0. The largest absolute Gasteiger partial charge is 0.297 e. The van der Waals surface area contributed by atoms with Crippen LogP contribution in [0.2, 0.25) is 0 Å². The smallest absolute Gasteiger partial charge is 0.234 e. The molecule has 2 heterocycles. The van der Waals surface area contributed by atoms with Crippen molar-refractivity contribution in [2.75, 3.05) is 32.8 Å². The van der Waals surface area contributed by atoms with Crippen molar-refractivity contribution in [2.45, 2.75) is 18.9 Å². The van der Waals surface area contributed by atoms with Crippen molar-refractivity contribution in [3.8, 4) is 0 Å². The van der Waals surface area contributed by atoms with Crippen molar-refractivity contribution in [3.05, 3.63) is 108 Å². The topological polar surface area (TPSA) is 43.9 Å². The van der Waals surface area contributed by atoms with Gasteiger partial charge in [-0.3, -0.25) is 24.3 Å². The summed E-state index contributed by atoms with van der Waals surface area (Å²) >= 11 is 0. The van der Waals surface area contributed by atoms with E-state index in [0.29, 0.717) is 6.67 Å². The van der Waals surface area contributed by atoms with Crippen LogP contribution in [0.4, 0.5) is 0 Å². The molecular weight excluding hydrogens is 422 g/mol. The first-order valence-corrected chi connectivity index (χ1v) is 12.1. The maximum absolute atomic E-state index is 13.6. The van der Waals surface area contributed by atoms with Crippen molar-refractivity contribution >= 4 is 11.8 Å². The molecule has 0 aromatic heterocycles. The number of hydrogen-bond acceptors (Lipinski definition) is 4. The maximum Gasteiger partial charge on any atom is 0.234 e. The molecule has 2 aliphatic heterocycles. The van der Waals surface area contributed by atoms with E-state index in [-0.39, 0.29) is 30.1 Å². The fourth-order valence-electron chi connectivity index (χ4n) is 5.23. The van der Waals surface area contributed by atoms with Crippen LogP contribution in [0.5, 0.6) is 0 Å². The van der Waals surface area contributed by atoms with Crippen LogP contribution in [-0.2, 0) is 16.1 Å². The lowest BCUT2D eigenvalue weighted by atomic mass is 9.80. The highest BCUT2D eigenvalue weighted by atomic mass is 16.2. The van der Waals surface area contributed by atoms with Gasteiger partial charge in [0, 0.05) is 45.1 Å². The molecule has 0 saturated carbocycles. The first-order chi connectivity index (χ1) is 16.7. The van der Waals surface area contributed by atoms with E-state index in [2.05, 4.69) is 58.3 Å². The highest BCUT2D eigenvalue weighted by Gasteiger charge is 2.44. The monoisotopic (exact) mass is 453 g/mol. The van der Waals surface area contributed by atoms with E-state index < -0.39 is 0 Å². The summed E-state index contributed by atoms with van der Waals surface area (Å²) in [5.74, 6) is -0.587. The van der Waals surface area contributed by atoms with E-state index in [1.54, 1.807) is 0 Å². The van der Waals surface area contributed by atoms with Crippen LogP contribution in [-0.4, -0.2) is 59.4 Å². The number of amides is 2. The van der Waals surface area contributed by atoms with Crippen LogP contribution in [0.15, 0.2) is 91.0 Å². The number of likely N-dealkylation sites (tertiary alicyclic amines) is 1. The Balaban J connectivity index is 1.25. The summed E-state index contributed by atoms with van der Waals surface area (Å²) in [5.41, 5.74) is 3.48. The Morgan fingerprint density at radius 3 is 1.74 bits per heavy atom. The molecule has 0 spiro atoms. The normalized spacial score (nSPS) is 19.8. The third kappa shape index (κ3) is 4.96. The Morgan fingerprint density at radius 2 is 1.18 bits per heavy atom. The van der Waals surface area contributed by atoms with Gasteiger partial charge >= 0.3 is 0 Å². The lowest BCUT2D eigenvalue weighted by molar-refractivity contribution is -0.142. The summed E-state index contributed by atoms with van der Waals surface area (Å²) in [5, 5.41) is 0. The van der Waals surface area contributed by atoms with Crippen LogP contribution in [0, 0.1) is 5.92 Å². The molecule has 2 saturated heterocycles. The molecule has 2 fully saturated rings. The van der Waals surface area contributed by atoms with Crippen LogP contribution < -0.4 is 0 Å². The molecule has 1 atom stereocenters. The second-order valence-electron chi connectivity index (χ2n) is 9.29. The van der Waals surface area contributed by atoms with Gasteiger partial charge in [0.1, 0.15) is 0 Å². The van der Waals surface area contributed by atoms with Crippen molar-refractivity contribution in [2.24, 2.45) is 5.92 Å². The number of carbonyl (C=O) groups excluding carboxylic acids is 2. The summed E-state index contributed by atoms with van der Waals surface area (Å²) in [7, 11) is 0. The Morgan fingerprint density at radius 1 is 0.676 bits per heavy atom. The molecular formula is C29H31N3O2. The molecule has 0 bridgehead atoms. The minimum absolute atomic E-state index is 0.0468. The van der Waals surface area contributed by atoms with E-state index in [4.69, 9.17) is 0 Å². The molecule has 3 aromatic rings. The van der Waals surface area contributed by atoms with Gasteiger partial charge in [0.2, 0.25) is 11.8 Å². The predicted molar refractivity (Wildman–Crippen MR) is 133 cm³/mol. The Kier molecular flexibility index (Phi) is 6.84. The van der Waals surface area contributed by atoms with E-state index >= 15 is 0 Å². The summed E-state index contributed by atoms with van der Waals surface area (Å²) in [6.45, 7) is 4.92. The quantitative estimate of drug-likeness (QED) is 0.508. The number of benzene rings is 3. The first kappa shape index (κ1) is 22.5. The van der Waals surface area contributed by atoms with Gasteiger partial charge in [-0.25, -0.2) is 0 Å². The van der Waals surface area contributed by atoms with Crippen molar-refractivity contribution in [3.63, 3.8) is 0 Å². The lowest BCUT2D eigenvalue weighted by Crippen LogP contribution is -2.51. The van der Waals surface area contributed by atoms with Gasteiger partial charge in [-0.05, 0) is 16.7 Å². The lowest BCUT2D eigenvalue weighted by Gasteiger charge is -2.36. The predicted octanol–water partition coefficient (Wildman–Crippen LogP) is 3.97. The van der Waals surface area contributed by atoms with E-state index in [0.717, 1.165) is 43.9 Å². The molecule has 0 radical (unpaired) electrons. The Bertz CT molecular complexity index is 1060. The summed E-state index contributed by atoms with van der Waals surface area (Å²) in [4.78, 5) is 32.7. The fraction of sp³-hybridized carbons (Fsp3) is 0.310. The standard InChI is InChI=1S/C29H31N3O2/c33-27-20-26(28(24-12-6-2-7-13-24)25-14-8-3-9-15-25)29(34)32(27)22-31-18-16-30(17-19-31)21-23-10-4-1-5-11-23/h1-15,26,28H,16-22H2. The fourth-order valence-corrected chi connectivity index (χ4v) is 5.23. The highest BCUT2D eigenvalue weighted by molar-refractivity contribution is 6.04. The van der Waals surface area contributed by atoms with E-state index in [9.17, 15) is 9.59 Å². The van der Waals surface area contributed by atoms with Gasteiger partial charge in [-0.2, -0.15) is 0 Å². The van der Waals surface area contributed by atoms with Crippen LogP contribution in [0.3, 0.4) is 0 Å². The van der Waals surface area contributed by atoms with Crippen molar-refractivity contribution in [1.82, 2.24) is 14.7 Å². The SMILES string of the molecule is O=C1CC(C(c2ccccc2)c2ccccc2)C(=O)N1CN1CCN(Cc2ccccc2)CC1. The number of piperazine rings is 1. The molecule has 0 aliphatic carbocycles. The average molecular weight is 454 g/mol. The molecule has 5 nitrogen and oxygen atoms in total. The third-order valence-electron chi connectivity index (χ3n) is 7.05. The van der Waals surface area contributed by atoms with E-state index in [1.165, 1.54) is 10.5 Å². The van der Waals surface area contributed by atoms with Crippen LogP contribution >= 0.6 is 0 Å². The minimum atomic E-state index is -0.364. The molecule has 5 rings (SSSR count). The molecule has 5 heteroatoms. The highest BCUT2D eigenvalue weighted by Crippen LogP contribution is 2.38. The van der Waals surface area contributed by atoms with Gasteiger partial charge in [0.15, 0.2) is 0 Å². The number of rotatable bonds is 7. The zero-order chi connectivity index (χ0) is 23.3. The molecule has 1 unspecified atom stereocenters. The molecule has 2 aliphatic rings. The number of carbonyl (C=O) groups is 2. The molecule has 174 valence electrons. The molecule has 0 N–H and O–H groups in total. The van der Waals surface area contributed by atoms with Crippen LogP contribution in [0.1, 0.15) is 29.0 Å².